The van der Waals surface area contributed by atoms with Crippen LogP contribution in [0.1, 0.15) is 38.4 Å². The third kappa shape index (κ3) is 3.01. The lowest BCUT2D eigenvalue weighted by molar-refractivity contribution is 0.125. The van der Waals surface area contributed by atoms with Gasteiger partial charge in [-0.25, -0.2) is 0 Å². The van der Waals surface area contributed by atoms with Gasteiger partial charge in [0.25, 0.3) is 0 Å². The Bertz CT molecular complexity index is 321. The minimum Gasteiger partial charge on any atom is -0.315 e. The van der Waals surface area contributed by atoms with Gasteiger partial charge in [0.2, 0.25) is 0 Å². The fourth-order valence-corrected chi connectivity index (χ4v) is 2.66. The molecule has 1 aromatic rings. The molecule has 1 aliphatic rings. The van der Waals surface area contributed by atoms with Gasteiger partial charge < -0.3 is 5.32 Å². The van der Waals surface area contributed by atoms with Crippen molar-refractivity contribution in [3.05, 3.63) is 24.3 Å². The molecule has 2 atom stereocenters. The van der Waals surface area contributed by atoms with Crippen molar-refractivity contribution in [1.29, 1.82) is 0 Å². The molecule has 0 amide bonds. The molecule has 1 N–H and O–H groups in total. The lowest BCUT2D eigenvalue weighted by atomic mass is 10.0. The number of likely N-dealkylation sites (N-methyl/N-ethyl adjacent to an activating group) is 1. The second kappa shape index (κ2) is 6.07. The molecule has 1 saturated heterocycles. The Labute approximate surface area is 103 Å². The molecule has 0 radical (unpaired) electrons. The van der Waals surface area contributed by atoms with Crippen LogP contribution in [0.3, 0.4) is 0 Å². The number of aromatic nitrogens is 2. The maximum absolute atomic E-state index is 4.42. The largest absolute Gasteiger partial charge is 0.315 e. The molecule has 2 heterocycles. The Morgan fingerprint density at radius 1 is 1.53 bits per heavy atom. The molecule has 4 nitrogen and oxygen atoms in total. The summed E-state index contributed by atoms with van der Waals surface area (Å²) in [5.74, 6) is 0. The topological polar surface area (TPSA) is 41.0 Å². The van der Waals surface area contributed by atoms with E-state index in [-0.39, 0.29) is 0 Å². The second-order valence-corrected chi connectivity index (χ2v) is 4.64. The molecule has 2 rings (SSSR count). The van der Waals surface area contributed by atoms with Crippen LogP contribution >= 0.6 is 0 Å². The smallest absolute Gasteiger partial charge is 0.0755 e. The van der Waals surface area contributed by atoms with Gasteiger partial charge in [-0.1, -0.05) is 6.92 Å². The molecular weight excluding hydrogens is 212 g/mol. The molecule has 0 bridgehead atoms. The van der Waals surface area contributed by atoms with E-state index < -0.39 is 0 Å². The quantitative estimate of drug-likeness (QED) is 0.859. The number of nitrogens with zero attached hydrogens (tertiary/aromatic N) is 3. The fourth-order valence-electron chi connectivity index (χ4n) is 2.66. The van der Waals surface area contributed by atoms with Crippen molar-refractivity contribution in [2.75, 3.05) is 19.6 Å². The summed E-state index contributed by atoms with van der Waals surface area (Å²) in [4.78, 5) is 11.1. The minimum absolute atomic E-state index is 0.346. The molecule has 0 spiro atoms. The van der Waals surface area contributed by atoms with Gasteiger partial charge in [-0.2, -0.15) is 0 Å². The van der Waals surface area contributed by atoms with Gasteiger partial charge in [-0.15, -0.1) is 0 Å². The molecule has 4 heteroatoms. The van der Waals surface area contributed by atoms with Crippen LogP contribution in [0.4, 0.5) is 0 Å². The van der Waals surface area contributed by atoms with Crippen molar-refractivity contribution in [2.45, 2.75) is 38.8 Å². The SMILES string of the molecule is CCN(C1CCCNC1)C(C)c1cnccn1. The van der Waals surface area contributed by atoms with Crippen molar-refractivity contribution in [3.63, 3.8) is 0 Å². The van der Waals surface area contributed by atoms with Crippen molar-refractivity contribution in [1.82, 2.24) is 20.2 Å². The highest BCUT2D eigenvalue weighted by atomic mass is 15.2. The summed E-state index contributed by atoms with van der Waals surface area (Å²) >= 11 is 0. The van der Waals surface area contributed by atoms with E-state index in [0.29, 0.717) is 12.1 Å². The lowest BCUT2D eigenvalue weighted by Crippen LogP contribution is -2.47. The first-order valence-corrected chi connectivity index (χ1v) is 6.55. The van der Waals surface area contributed by atoms with E-state index in [1.54, 1.807) is 12.4 Å². The Morgan fingerprint density at radius 3 is 3.00 bits per heavy atom. The predicted molar refractivity (Wildman–Crippen MR) is 68.7 cm³/mol. The molecule has 94 valence electrons. The van der Waals surface area contributed by atoms with Crippen LogP contribution in [-0.2, 0) is 0 Å². The Hall–Kier alpha value is -1.00. The van der Waals surface area contributed by atoms with E-state index in [4.69, 9.17) is 0 Å². The summed E-state index contributed by atoms with van der Waals surface area (Å²) in [6.07, 6.45) is 7.94. The lowest BCUT2D eigenvalue weighted by Gasteiger charge is -2.37. The van der Waals surface area contributed by atoms with Crippen LogP contribution < -0.4 is 5.32 Å². The maximum atomic E-state index is 4.42. The zero-order valence-corrected chi connectivity index (χ0v) is 10.8. The summed E-state index contributed by atoms with van der Waals surface area (Å²) in [7, 11) is 0. The summed E-state index contributed by atoms with van der Waals surface area (Å²) in [6.45, 7) is 7.76. The molecule has 0 aliphatic carbocycles. The third-order valence-corrected chi connectivity index (χ3v) is 3.61. The van der Waals surface area contributed by atoms with Crippen LogP contribution in [0, 0.1) is 0 Å². The van der Waals surface area contributed by atoms with E-state index in [1.165, 1.54) is 12.8 Å². The summed E-state index contributed by atoms with van der Waals surface area (Å²) in [5, 5.41) is 3.48. The number of rotatable bonds is 4. The first-order valence-electron chi connectivity index (χ1n) is 6.55. The third-order valence-electron chi connectivity index (χ3n) is 3.61. The first-order chi connectivity index (χ1) is 8.33. The maximum Gasteiger partial charge on any atom is 0.0755 e. The molecule has 1 aromatic heterocycles. The average molecular weight is 234 g/mol. The van der Waals surface area contributed by atoms with E-state index in [1.807, 2.05) is 6.20 Å². The van der Waals surface area contributed by atoms with E-state index in [0.717, 1.165) is 25.3 Å². The van der Waals surface area contributed by atoms with Crippen molar-refractivity contribution in [3.8, 4) is 0 Å². The zero-order chi connectivity index (χ0) is 12.1. The molecule has 0 aromatic carbocycles. The highest BCUT2D eigenvalue weighted by Gasteiger charge is 2.25. The number of nitrogens with one attached hydrogen (secondary N) is 1. The van der Waals surface area contributed by atoms with Crippen molar-refractivity contribution < 1.29 is 0 Å². The van der Waals surface area contributed by atoms with Crippen LogP contribution in [0.15, 0.2) is 18.6 Å². The molecule has 1 aliphatic heterocycles. The standard InChI is InChI=1S/C13H22N4/c1-3-17(12-5-4-6-14-9-12)11(2)13-10-15-7-8-16-13/h7-8,10-12,14H,3-6,9H2,1-2H3. The van der Waals surface area contributed by atoms with Gasteiger partial charge in [0, 0.05) is 31.2 Å². The van der Waals surface area contributed by atoms with Crippen LogP contribution in [0.5, 0.6) is 0 Å². The number of hydrogen-bond acceptors (Lipinski definition) is 4. The van der Waals surface area contributed by atoms with Gasteiger partial charge in [0.15, 0.2) is 0 Å². The summed E-state index contributed by atoms with van der Waals surface area (Å²) in [5.41, 5.74) is 1.07. The molecule has 17 heavy (non-hydrogen) atoms. The van der Waals surface area contributed by atoms with Crippen LogP contribution in [0.2, 0.25) is 0 Å². The van der Waals surface area contributed by atoms with Crippen molar-refractivity contribution in [2.24, 2.45) is 0 Å². The predicted octanol–water partition coefficient (Wildman–Crippen LogP) is 1.61. The normalized spacial score (nSPS) is 22.6. The Kier molecular flexibility index (Phi) is 4.45. The Morgan fingerprint density at radius 2 is 2.41 bits per heavy atom. The van der Waals surface area contributed by atoms with Crippen molar-refractivity contribution >= 4 is 0 Å². The molecular formula is C13H22N4. The van der Waals surface area contributed by atoms with Gasteiger partial charge in [0.1, 0.15) is 0 Å². The van der Waals surface area contributed by atoms with Gasteiger partial charge in [-0.3, -0.25) is 14.9 Å². The van der Waals surface area contributed by atoms with Crippen LogP contribution in [-0.4, -0.2) is 40.5 Å². The van der Waals surface area contributed by atoms with Crippen LogP contribution in [0.25, 0.3) is 0 Å². The average Bonchev–Trinajstić information content (AvgIpc) is 2.42. The van der Waals surface area contributed by atoms with Gasteiger partial charge in [0.05, 0.1) is 11.7 Å². The van der Waals surface area contributed by atoms with Gasteiger partial charge in [-0.05, 0) is 32.9 Å². The van der Waals surface area contributed by atoms with E-state index in [2.05, 4.69) is 34.0 Å². The summed E-state index contributed by atoms with van der Waals surface area (Å²) < 4.78 is 0. The highest BCUT2D eigenvalue weighted by Crippen LogP contribution is 2.22. The van der Waals surface area contributed by atoms with E-state index in [9.17, 15) is 0 Å². The van der Waals surface area contributed by atoms with Gasteiger partial charge >= 0.3 is 0 Å². The van der Waals surface area contributed by atoms with E-state index >= 15 is 0 Å². The fraction of sp³-hybridized carbons (Fsp3) is 0.692. The number of hydrogen-bond donors (Lipinski definition) is 1. The summed E-state index contributed by atoms with van der Waals surface area (Å²) in [6, 6.07) is 0.976. The highest BCUT2D eigenvalue weighted by molar-refractivity contribution is 5.02. The monoisotopic (exact) mass is 234 g/mol. The second-order valence-electron chi connectivity index (χ2n) is 4.64. The number of piperidine rings is 1. The Balaban J connectivity index is 2.06. The zero-order valence-electron chi connectivity index (χ0n) is 10.8. The first kappa shape index (κ1) is 12.5. The molecule has 0 saturated carbocycles. The molecule has 1 fully saturated rings. The molecule has 2 unspecified atom stereocenters. The minimum atomic E-state index is 0.346.